The highest BCUT2D eigenvalue weighted by molar-refractivity contribution is 5.74. The number of ether oxygens (including phenoxy) is 1. The van der Waals surface area contributed by atoms with Crippen LogP contribution in [0.2, 0.25) is 0 Å². The summed E-state index contributed by atoms with van der Waals surface area (Å²) in [6.07, 6.45) is 4.60. The lowest BCUT2D eigenvalue weighted by molar-refractivity contribution is -0.153. The molecule has 0 unspecified atom stereocenters. The summed E-state index contributed by atoms with van der Waals surface area (Å²) in [5, 5.41) is 10.6. The summed E-state index contributed by atoms with van der Waals surface area (Å²) in [5.74, 6) is -0.410. The summed E-state index contributed by atoms with van der Waals surface area (Å²) < 4.78 is 4.80. The van der Waals surface area contributed by atoms with E-state index in [1.54, 1.807) is 6.08 Å². The van der Waals surface area contributed by atoms with E-state index in [2.05, 4.69) is 6.58 Å². The van der Waals surface area contributed by atoms with Crippen molar-refractivity contribution in [1.82, 2.24) is 0 Å². The van der Waals surface area contributed by atoms with Crippen molar-refractivity contribution >= 4 is 5.97 Å². The Bertz CT molecular complexity index is 283. The molecule has 0 heterocycles. The number of allylic oxidation sites excluding steroid dienone is 1. The van der Waals surface area contributed by atoms with E-state index >= 15 is 0 Å². The first-order chi connectivity index (χ1) is 7.39. The Balaban J connectivity index is 2.85. The first kappa shape index (κ1) is 13.2. The van der Waals surface area contributed by atoms with Crippen LogP contribution in [-0.4, -0.2) is 23.8 Å². The van der Waals surface area contributed by atoms with E-state index in [-0.39, 0.29) is 11.9 Å². The van der Waals surface area contributed by atoms with E-state index in [1.165, 1.54) is 7.11 Å². The first-order valence-corrected chi connectivity index (χ1v) is 5.80. The molecule has 1 fully saturated rings. The van der Waals surface area contributed by atoms with Crippen LogP contribution < -0.4 is 0 Å². The minimum absolute atomic E-state index is 0.202. The molecular weight excluding hydrogens is 204 g/mol. The van der Waals surface area contributed by atoms with Gasteiger partial charge < -0.3 is 9.84 Å². The maximum Gasteiger partial charge on any atom is 0.309 e. The fraction of sp³-hybridized carbons (Fsp3) is 0.769. The van der Waals surface area contributed by atoms with Crippen LogP contribution in [0.5, 0.6) is 0 Å². The standard InChI is InChI=1S/C13H22O3/c1-5-6-8-13(15)9-7-10(11(14)16-4)12(13,2)3/h5,10,15H,1,6-9H2,2-4H3/t10-,13-/m1/s1. The molecule has 0 spiro atoms. The molecule has 0 aromatic heterocycles. The molecule has 1 aliphatic carbocycles. The third-order valence-corrected chi connectivity index (χ3v) is 4.16. The molecule has 1 rings (SSSR count). The molecule has 0 aliphatic heterocycles. The summed E-state index contributed by atoms with van der Waals surface area (Å²) in [5.41, 5.74) is -1.21. The zero-order valence-corrected chi connectivity index (χ0v) is 10.5. The predicted molar refractivity (Wildman–Crippen MR) is 62.9 cm³/mol. The van der Waals surface area contributed by atoms with Crippen LogP contribution in [0.25, 0.3) is 0 Å². The quantitative estimate of drug-likeness (QED) is 0.591. The molecule has 3 heteroatoms. The summed E-state index contributed by atoms with van der Waals surface area (Å²) >= 11 is 0. The average Bonchev–Trinajstić information content (AvgIpc) is 2.47. The van der Waals surface area contributed by atoms with Gasteiger partial charge in [0.2, 0.25) is 0 Å². The molecule has 0 aromatic rings. The molecule has 92 valence electrons. The van der Waals surface area contributed by atoms with Crippen LogP contribution in [0.1, 0.15) is 39.5 Å². The van der Waals surface area contributed by atoms with Gasteiger partial charge in [-0.05, 0) is 25.7 Å². The second kappa shape index (κ2) is 4.58. The lowest BCUT2D eigenvalue weighted by Gasteiger charge is -2.39. The van der Waals surface area contributed by atoms with Crippen molar-refractivity contribution in [2.24, 2.45) is 11.3 Å². The van der Waals surface area contributed by atoms with Crippen molar-refractivity contribution in [3.8, 4) is 0 Å². The third kappa shape index (κ3) is 2.01. The van der Waals surface area contributed by atoms with E-state index in [4.69, 9.17) is 4.74 Å². The Labute approximate surface area is 97.5 Å². The smallest absolute Gasteiger partial charge is 0.309 e. The van der Waals surface area contributed by atoms with Crippen LogP contribution in [0, 0.1) is 11.3 Å². The van der Waals surface area contributed by atoms with Crippen molar-refractivity contribution in [3.63, 3.8) is 0 Å². The van der Waals surface area contributed by atoms with Crippen molar-refractivity contribution < 1.29 is 14.6 Å². The van der Waals surface area contributed by atoms with E-state index < -0.39 is 11.0 Å². The molecule has 1 N–H and O–H groups in total. The van der Waals surface area contributed by atoms with Crippen molar-refractivity contribution in [1.29, 1.82) is 0 Å². The molecule has 2 atom stereocenters. The SMILES string of the molecule is C=CCC[C@@]1(O)CC[C@H](C(=O)OC)C1(C)C. The molecule has 0 radical (unpaired) electrons. The van der Waals surface area contributed by atoms with Gasteiger partial charge in [-0.15, -0.1) is 6.58 Å². The number of hydrogen-bond acceptors (Lipinski definition) is 3. The molecule has 1 saturated carbocycles. The molecule has 3 nitrogen and oxygen atoms in total. The predicted octanol–water partition coefficient (Wildman–Crippen LogP) is 2.29. The Kier molecular flexibility index (Phi) is 3.79. The highest BCUT2D eigenvalue weighted by Gasteiger charge is 2.55. The Morgan fingerprint density at radius 2 is 2.25 bits per heavy atom. The summed E-state index contributed by atoms with van der Waals surface area (Å²) in [6, 6.07) is 0. The normalized spacial score (nSPS) is 32.4. The van der Waals surface area contributed by atoms with Gasteiger partial charge in [0.05, 0.1) is 18.6 Å². The molecule has 0 saturated heterocycles. The van der Waals surface area contributed by atoms with Gasteiger partial charge in [0, 0.05) is 5.41 Å². The fourth-order valence-corrected chi connectivity index (χ4v) is 2.73. The van der Waals surface area contributed by atoms with Gasteiger partial charge >= 0.3 is 5.97 Å². The highest BCUT2D eigenvalue weighted by Crippen LogP contribution is 2.52. The van der Waals surface area contributed by atoms with Crippen LogP contribution in [-0.2, 0) is 9.53 Å². The number of carbonyl (C=O) groups excluding carboxylic acids is 1. The minimum atomic E-state index is -0.778. The second-order valence-corrected chi connectivity index (χ2v) is 5.20. The van der Waals surface area contributed by atoms with Gasteiger partial charge in [0.25, 0.3) is 0 Å². The van der Waals surface area contributed by atoms with Gasteiger partial charge in [-0.3, -0.25) is 4.79 Å². The van der Waals surface area contributed by atoms with E-state index in [0.29, 0.717) is 19.3 Å². The van der Waals surface area contributed by atoms with Gasteiger partial charge in [0.1, 0.15) is 0 Å². The van der Waals surface area contributed by atoms with Crippen molar-refractivity contribution in [2.75, 3.05) is 7.11 Å². The van der Waals surface area contributed by atoms with Gasteiger partial charge in [-0.2, -0.15) is 0 Å². The van der Waals surface area contributed by atoms with Crippen molar-refractivity contribution in [2.45, 2.75) is 45.1 Å². The third-order valence-electron chi connectivity index (χ3n) is 4.16. The molecular formula is C13H22O3. The highest BCUT2D eigenvalue weighted by atomic mass is 16.5. The maximum absolute atomic E-state index is 11.6. The lowest BCUT2D eigenvalue weighted by Crippen LogP contribution is -2.44. The first-order valence-electron chi connectivity index (χ1n) is 5.80. The van der Waals surface area contributed by atoms with Crippen LogP contribution in [0.3, 0.4) is 0 Å². The van der Waals surface area contributed by atoms with Crippen LogP contribution in [0.15, 0.2) is 12.7 Å². The number of carbonyl (C=O) groups is 1. The summed E-state index contributed by atoms with van der Waals surface area (Å²) in [7, 11) is 1.40. The number of rotatable bonds is 4. The molecule has 0 bridgehead atoms. The Morgan fingerprint density at radius 1 is 1.62 bits per heavy atom. The summed E-state index contributed by atoms with van der Waals surface area (Å²) in [6.45, 7) is 7.57. The van der Waals surface area contributed by atoms with Crippen LogP contribution in [0.4, 0.5) is 0 Å². The minimum Gasteiger partial charge on any atom is -0.469 e. The monoisotopic (exact) mass is 226 g/mol. The molecule has 0 aromatic carbocycles. The van der Waals surface area contributed by atoms with Gasteiger partial charge in [-0.1, -0.05) is 19.9 Å². The largest absolute Gasteiger partial charge is 0.469 e. The van der Waals surface area contributed by atoms with Crippen molar-refractivity contribution in [3.05, 3.63) is 12.7 Å². The van der Waals surface area contributed by atoms with E-state index in [0.717, 1.165) is 6.42 Å². The number of aliphatic hydroxyl groups is 1. The molecule has 16 heavy (non-hydrogen) atoms. The lowest BCUT2D eigenvalue weighted by atomic mass is 9.70. The topological polar surface area (TPSA) is 46.5 Å². The number of methoxy groups -OCH3 is 1. The summed E-state index contributed by atoms with van der Waals surface area (Å²) in [4.78, 5) is 11.6. The van der Waals surface area contributed by atoms with E-state index in [9.17, 15) is 9.90 Å². The Morgan fingerprint density at radius 3 is 2.75 bits per heavy atom. The Hall–Kier alpha value is -0.830. The fourth-order valence-electron chi connectivity index (χ4n) is 2.73. The number of hydrogen-bond donors (Lipinski definition) is 1. The molecule has 0 amide bonds. The van der Waals surface area contributed by atoms with Gasteiger partial charge in [-0.25, -0.2) is 0 Å². The van der Waals surface area contributed by atoms with Gasteiger partial charge in [0.15, 0.2) is 0 Å². The maximum atomic E-state index is 11.6. The molecule has 1 aliphatic rings. The van der Waals surface area contributed by atoms with Crippen LogP contribution >= 0.6 is 0 Å². The average molecular weight is 226 g/mol. The zero-order valence-electron chi connectivity index (χ0n) is 10.5. The van der Waals surface area contributed by atoms with E-state index in [1.807, 2.05) is 13.8 Å². The zero-order chi connectivity index (χ0) is 12.4. The second-order valence-electron chi connectivity index (χ2n) is 5.20. The number of esters is 1.